The van der Waals surface area contributed by atoms with Crippen LogP contribution < -0.4 is 11.1 Å². The molecule has 0 radical (unpaired) electrons. The molecule has 0 saturated heterocycles. The molecule has 17 heavy (non-hydrogen) atoms. The second-order valence-corrected chi connectivity index (χ2v) is 5.22. The van der Waals surface area contributed by atoms with Crippen molar-refractivity contribution in [3.8, 4) is 0 Å². The molecule has 0 amide bonds. The second-order valence-electron chi connectivity index (χ2n) is 4.38. The molecule has 0 aliphatic rings. The third kappa shape index (κ3) is 3.86. The highest BCUT2D eigenvalue weighted by molar-refractivity contribution is 7.80. The highest BCUT2D eigenvalue weighted by Crippen LogP contribution is 2.22. The number of rotatable bonds is 5. The Morgan fingerprint density at radius 1 is 1.47 bits per heavy atom. The van der Waals surface area contributed by atoms with Crippen LogP contribution in [0.5, 0.6) is 0 Å². The van der Waals surface area contributed by atoms with Crippen LogP contribution in [0.3, 0.4) is 0 Å². The van der Waals surface area contributed by atoms with E-state index >= 15 is 0 Å². The van der Waals surface area contributed by atoms with Gasteiger partial charge < -0.3 is 11.1 Å². The lowest BCUT2D eigenvalue weighted by Gasteiger charge is -2.21. The molecule has 94 valence electrons. The van der Waals surface area contributed by atoms with Gasteiger partial charge in [-0.15, -0.1) is 0 Å². The maximum absolute atomic E-state index is 6.11. The van der Waals surface area contributed by atoms with Crippen molar-refractivity contribution < 1.29 is 0 Å². The maximum atomic E-state index is 6.11. The summed E-state index contributed by atoms with van der Waals surface area (Å²) in [5.74, 6) is 0.615. The summed E-state index contributed by atoms with van der Waals surface area (Å²) in [4.78, 5) is 0.330. The predicted molar refractivity (Wildman–Crippen MR) is 79.9 cm³/mol. The Morgan fingerprint density at radius 3 is 2.59 bits per heavy atom. The van der Waals surface area contributed by atoms with Crippen LogP contribution >= 0.6 is 23.8 Å². The van der Waals surface area contributed by atoms with Crippen LogP contribution in [0, 0.1) is 5.92 Å². The minimum absolute atomic E-state index is 0.330. The van der Waals surface area contributed by atoms with E-state index in [0.717, 1.165) is 17.7 Å². The molecule has 0 bridgehead atoms. The van der Waals surface area contributed by atoms with E-state index in [1.165, 1.54) is 0 Å². The van der Waals surface area contributed by atoms with Gasteiger partial charge in [0.1, 0.15) is 4.99 Å². The molecular weight excluding hydrogens is 252 g/mol. The van der Waals surface area contributed by atoms with E-state index in [-0.39, 0.29) is 0 Å². The lowest BCUT2D eigenvalue weighted by molar-refractivity contribution is 0.494. The van der Waals surface area contributed by atoms with Crippen molar-refractivity contribution in [2.24, 2.45) is 11.7 Å². The Kier molecular flexibility index (Phi) is 5.22. The Balaban J connectivity index is 2.81. The first-order valence-corrected chi connectivity index (χ1v) is 6.60. The number of benzene rings is 1. The highest BCUT2D eigenvalue weighted by atomic mass is 35.5. The summed E-state index contributed by atoms with van der Waals surface area (Å²) >= 11 is 11.0. The molecule has 1 aromatic carbocycles. The van der Waals surface area contributed by atoms with Crippen molar-refractivity contribution in [2.45, 2.75) is 33.2 Å². The topological polar surface area (TPSA) is 38.0 Å². The number of hydrogen-bond acceptors (Lipinski definition) is 2. The number of nitrogens with one attached hydrogen (secondary N) is 1. The van der Waals surface area contributed by atoms with Gasteiger partial charge in [-0.2, -0.15) is 0 Å². The molecule has 0 aliphatic carbocycles. The normalized spacial score (nSPS) is 14.1. The average Bonchev–Trinajstić information content (AvgIpc) is 2.27. The fraction of sp³-hybridized carbons (Fsp3) is 0.462. The zero-order valence-corrected chi connectivity index (χ0v) is 12.0. The van der Waals surface area contributed by atoms with Crippen molar-refractivity contribution in [1.82, 2.24) is 0 Å². The molecule has 2 nitrogen and oxygen atoms in total. The zero-order valence-electron chi connectivity index (χ0n) is 10.5. The van der Waals surface area contributed by atoms with Crippen LogP contribution in [-0.2, 0) is 0 Å². The summed E-state index contributed by atoms with van der Waals surface area (Å²) in [5.41, 5.74) is 7.29. The van der Waals surface area contributed by atoms with Crippen molar-refractivity contribution in [3.63, 3.8) is 0 Å². The van der Waals surface area contributed by atoms with Gasteiger partial charge in [-0.25, -0.2) is 0 Å². The summed E-state index contributed by atoms with van der Waals surface area (Å²) in [6.07, 6.45) is 1.15. The summed E-state index contributed by atoms with van der Waals surface area (Å²) in [5, 5.41) is 4.03. The van der Waals surface area contributed by atoms with Gasteiger partial charge in [0.05, 0.1) is 5.02 Å². The number of hydrogen-bond donors (Lipinski definition) is 2. The van der Waals surface area contributed by atoms with Gasteiger partial charge >= 0.3 is 0 Å². The van der Waals surface area contributed by atoms with E-state index < -0.39 is 0 Å². The monoisotopic (exact) mass is 270 g/mol. The maximum Gasteiger partial charge on any atom is 0.105 e. The Morgan fingerprint density at radius 2 is 2.12 bits per heavy atom. The van der Waals surface area contributed by atoms with Crippen molar-refractivity contribution in [1.29, 1.82) is 0 Å². The summed E-state index contributed by atoms with van der Waals surface area (Å²) in [6, 6.07) is 6.09. The van der Waals surface area contributed by atoms with E-state index in [9.17, 15) is 0 Å². The van der Waals surface area contributed by atoms with Crippen LogP contribution in [-0.4, -0.2) is 11.0 Å². The molecule has 0 fully saturated rings. The molecule has 2 atom stereocenters. The van der Waals surface area contributed by atoms with Gasteiger partial charge in [-0.3, -0.25) is 0 Å². The number of thiocarbonyl (C=S) groups is 1. The first kappa shape index (κ1) is 14.3. The van der Waals surface area contributed by atoms with Gasteiger partial charge in [-0.05, 0) is 31.0 Å². The number of anilines is 1. The highest BCUT2D eigenvalue weighted by Gasteiger charge is 2.11. The van der Waals surface area contributed by atoms with Crippen LogP contribution in [0.1, 0.15) is 32.8 Å². The molecular formula is C13H19ClN2S. The minimum atomic E-state index is 0.330. The standard InChI is InChI=1S/C13H19ClN2S/c1-4-8(2)9(3)16-10-5-6-11(13(15)17)12(14)7-10/h5-9,16H,4H2,1-3H3,(H2,15,17). The molecule has 0 saturated carbocycles. The molecule has 2 unspecified atom stereocenters. The van der Waals surface area contributed by atoms with E-state index in [0.29, 0.717) is 22.0 Å². The van der Waals surface area contributed by atoms with E-state index in [1.54, 1.807) is 0 Å². The van der Waals surface area contributed by atoms with Gasteiger partial charge in [0.2, 0.25) is 0 Å². The largest absolute Gasteiger partial charge is 0.389 e. The minimum Gasteiger partial charge on any atom is -0.389 e. The Bertz CT molecular complexity index is 406. The Labute approximate surface area is 114 Å². The van der Waals surface area contributed by atoms with E-state index in [2.05, 4.69) is 26.1 Å². The molecule has 3 N–H and O–H groups in total. The summed E-state index contributed by atoms with van der Waals surface area (Å²) in [6.45, 7) is 6.58. The van der Waals surface area contributed by atoms with Crippen LogP contribution in [0.2, 0.25) is 5.02 Å². The quantitative estimate of drug-likeness (QED) is 0.799. The van der Waals surface area contributed by atoms with Gasteiger partial charge in [0.25, 0.3) is 0 Å². The molecule has 4 heteroatoms. The number of halogens is 1. The van der Waals surface area contributed by atoms with Crippen LogP contribution in [0.15, 0.2) is 18.2 Å². The zero-order chi connectivity index (χ0) is 13.0. The van der Waals surface area contributed by atoms with E-state index in [4.69, 9.17) is 29.6 Å². The first-order valence-electron chi connectivity index (χ1n) is 5.81. The third-order valence-corrected chi connectivity index (χ3v) is 3.66. The molecule has 0 heterocycles. The van der Waals surface area contributed by atoms with E-state index in [1.807, 2.05) is 18.2 Å². The molecule has 0 spiro atoms. The third-order valence-electron chi connectivity index (χ3n) is 3.13. The Hall–Kier alpha value is -0.800. The average molecular weight is 271 g/mol. The van der Waals surface area contributed by atoms with Crippen molar-refractivity contribution in [2.75, 3.05) is 5.32 Å². The molecule has 1 rings (SSSR count). The number of nitrogens with two attached hydrogens (primary N) is 1. The van der Waals surface area contributed by atoms with Crippen molar-refractivity contribution in [3.05, 3.63) is 28.8 Å². The lowest BCUT2D eigenvalue weighted by Crippen LogP contribution is -2.23. The lowest BCUT2D eigenvalue weighted by atomic mass is 10.0. The summed E-state index contributed by atoms with van der Waals surface area (Å²) in [7, 11) is 0. The molecule has 0 aromatic heterocycles. The summed E-state index contributed by atoms with van der Waals surface area (Å²) < 4.78 is 0. The first-order chi connectivity index (χ1) is 7.95. The van der Waals surface area contributed by atoms with Crippen LogP contribution in [0.4, 0.5) is 5.69 Å². The van der Waals surface area contributed by atoms with Crippen molar-refractivity contribution >= 4 is 34.5 Å². The van der Waals surface area contributed by atoms with Gasteiger partial charge in [0, 0.05) is 17.3 Å². The molecule has 0 aliphatic heterocycles. The SMILES string of the molecule is CCC(C)C(C)Nc1ccc(C(N)=S)c(Cl)c1. The fourth-order valence-corrected chi connectivity index (χ4v) is 2.08. The smallest absolute Gasteiger partial charge is 0.105 e. The fourth-order valence-electron chi connectivity index (χ4n) is 1.56. The van der Waals surface area contributed by atoms with Crippen LogP contribution in [0.25, 0.3) is 0 Å². The predicted octanol–water partition coefficient (Wildman–Crippen LogP) is 3.82. The van der Waals surface area contributed by atoms with Gasteiger partial charge in [0.15, 0.2) is 0 Å². The second kappa shape index (κ2) is 6.22. The molecule has 1 aromatic rings. The van der Waals surface area contributed by atoms with Gasteiger partial charge in [-0.1, -0.05) is 44.1 Å².